The predicted octanol–water partition coefficient (Wildman–Crippen LogP) is 5.88. The third kappa shape index (κ3) is 4.75. The number of benzene rings is 3. The maximum atomic E-state index is 13.4. The molecule has 0 aliphatic carbocycles. The lowest BCUT2D eigenvalue weighted by Crippen LogP contribution is -2.21. The number of rotatable bonds is 5. The first kappa shape index (κ1) is 22.2. The van der Waals surface area contributed by atoms with Gasteiger partial charge in [-0.05, 0) is 61.0 Å². The highest BCUT2D eigenvalue weighted by Crippen LogP contribution is 2.35. The lowest BCUT2D eigenvalue weighted by Gasteiger charge is -2.12. The third-order valence-corrected chi connectivity index (χ3v) is 5.20. The van der Waals surface area contributed by atoms with Gasteiger partial charge in [0, 0.05) is 10.6 Å². The zero-order valence-corrected chi connectivity index (χ0v) is 18.7. The number of nitrogen functional groups attached to an aromatic ring is 1. The molecule has 33 heavy (non-hydrogen) atoms. The van der Waals surface area contributed by atoms with Crippen LogP contribution in [0.5, 0.6) is 5.75 Å². The van der Waals surface area contributed by atoms with Crippen LogP contribution in [-0.2, 0) is 0 Å². The van der Waals surface area contributed by atoms with Gasteiger partial charge in [-0.25, -0.2) is 13.9 Å². The van der Waals surface area contributed by atoms with Gasteiger partial charge < -0.3 is 21.1 Å². The molecule has 0 bridgehead atoms. The Kier molecular flexibility index (Phi) is 6.19. The van der Waals surface area contributed by atoms with Crippen molar-refractivity contribution in [3.8, 4) is 22.7 Å². The first-order valence-corrected chi connectivity index (χ1v) is 10.4. The standard InChI is InChI=1S/C24H21ClFN5O2/c1-14-3-12-20(33-2)19(13-14)28-24(32)29-22-21(15-4-6-16(25)7-5-15)30-31(23(22)27)18-10-8-17(26)9-11-18/h3-13H,27H2,1-2H3,(H2,28,29,32). The summed E-state index contributed by atoms with van der Waals surface area (Å²) in [6.45, 7) is 1.91. The van der Waals surface area contributed by atoms with Crippen LogP contribution >= 0.6 is 11.6 Å². The molecule has 0 aliphatic heterocycles. The summed E-state index contributed by atoms with van der Waals surface area (Å²) in [4.78, 5) is 12.9. The van der Waals surface area contributed by atoms with Crippen molar-refractivity contribution in [3.05, 3.63) is 83.1 Å². The molecular weight excluding hydrogens is 445 g/mol. The van der Waals surface area contributed by atoms with Crippen molar-refractivity contribution in [1.29, 1.82) is 0 Å². The number of hydrogen-bond donors (Lipinski definition) is 3. The summed E-state index contributed by atoms with van der Waals surface area (Å²) >= 11 is 6.02. The molecule has 4 rings (SSSR count). The number of hydrogen-bond acceptors (Lipinski definition) is 4. The molecule has 0 radical (unpaired) electrons. The number of methoxy groups -OCH3 is 1. The molecule has 1 aromatic heterocycles. The number of aromatic nitrogens is 2. The highest BCUT2D eigenvalue weighted by atomic mass is 35.5. The number of nitrogens with one attached hydrogen (secondary N) is 2. The number of anilines is 3. The molecule has 4 N–H and O–H groups in total. The van der Waals surface area contributed by atoms with E-state index >= 15 is 0 Å². The van der Waals surface area contributed by atoms with Crippen molar-refractivity contribution in [1.82, 2.24) is 9.78 Å². The molecule has 0 unspecified atom stereocenters. The van der Waals surface area contributed by atoms with Crippen molar-refractivity contribution in [2.75, 3.05) is 23.5 Å². The second-order valence-corrected chi connectivity index (χ2v) is 7.72. The van der Waals surface area contributed by atoms with Crippen LogP contribution in [0.1, 0.15) is 5.56 Å². The van der Waals surface area contributed by atoms with Gasteiger partial charge >= 0.3 is 6.03 Å². The number of carbonyl (C=O) groups excluding carboxylic acids is 1. The minimum Gasteiger partial charge on any atom is -0.495 e. The van der Waals surface area contributed by atoms with Crippen molar-refractivity contribution in [3.63, 3.8) is 0 Å². The molecule has 168 valence electrons. The monoisotopic (exact) mass is 465 g/mol. The molecule has 1 heterocycles. The maximum absolute atomic E-state index is 13.4. The number of nitrogens with zero attached hydrogens (tertiary/aromatic N) is 2. The molecule has 0 atom stereocenters. The summed E-state index contributed by atoms with van der Waals surface area (Å²) in [6, 6.07) is 17.6. The SMILES string of the molecule is COc1ccc(C)cc1NC(=O)Nc1c(-c2ccc(Cl)cc2)nn(-c2ccc(F)cc2)c1N. The Morgan fingerprint density at radius 3 is 2.42 bits per heavy atom. The molecule has 0 spiro atoms. The first-order valence-electron chi connectivity index (χ1n) is 9.98. The van der Waals surface area contributed by atoms with E-state index in [-0.39, 0.29) is 11.6 Å². The number of urea groups is 1. The largest absolute Gasteiger partial charge is 0.495 e. The molecule has 4 aromatic rings. The first-order chi connectivity index (χ1) is 15.9. The van der Waals surface area contributed by atoms with Crippen LogP contribution in [-0.4, -0.2) is 22.9 Å². The predicted molar refractivity (Wildman–Crippen MR) is 129 cm³/mol. The molecule has 9 heteroatoms. The van der Waals surface area contributed by atoms with Crippen LogP contribution in [0.4, 0.5) is 26.4 Å². The molecule has 0 saturated carbocycles. The van der Waals surface area contributed by atoms with Gasteiger partial charge in [-0.15, -0.1) is 0 Å². The fraction of sp³-hybridized carbons (Fsp3) is 0.0833. The molecule has 0 fully saturated rings. The fourth-order valence-electron chi connectivity index (χ4n) is 3.33. The third-order valence-electron chi connectivity index (χ3n) is 4.95. The van der Waals surface area contributed by atoms with Crippen LogP contribution in [0.3, 0.4) is 0 Å². The smallest absolute Gasteiger partial charge is 0.323 e. The van der Waals surface area contributed by atoms with Gasteiger partial charge in [0.1, 0.15) is 22.9 Å². The van der Waals surface area contributed by atoms with Crippen LogP contribution in [0.2, 0.25) is 5.02 Å². The number of carbonyl (C=O) groups is 1. The Morgan fingerprint density at radius 1 is 1.06 bits per heavy atom. The van der Waals surface area contributed by atoms with Crippen LogP contribution in [0, 0.1) is 12.7 Å². The van der Waals surface area contributed by atoms with Gasteiger partial charge in [0.25, 0.3) is 0 Å². The van der Waals surface area contributed by atoms with Crippen LogP contribution in [0.15, 0.2) is 66.7 Å². The Morgan fingerprint density at radius 2 is 1.76 bits per heavy atom. The van der Waals surface area contributed by atoms with Crippen molar-refractivity contribution >= 4 is 34.8 Å². The summed E-state index contributed by atoms with van der Waals surface area (Å²) in [5, 5.41) is 10.7. The average molecular weight is 466 g/mol. The Balaban J connectivity index is 1.73. The lowest BCUT2D eigenvalue weighted by atomic mass is 10.1. The van der Waals surface area contributed by atoms with Gasteiger partial charge in [0.2, 0.25) is 0 Å². The Labute approximate surface area is 194 Å². The van der Waals surface area contributed by atoms with E-state index in [9.17, 15) is 9.18 Å². The quantitative estimate of drug-likeness (QED) is 0.343. The number of aryl methyl sites for hydroxylation is 1. The van der Waals surface area contributed by atoms with E-state index < -0.39 is 6.03 Å². The van der Waals surface area contributed by atoms with Gasteiger partial charge in [-0.3, -0.25) is 0 Å². The topological polar surface area (TPSA) is 94.2 Å². The van der Waals surface area contributed by atoms with E-state index in [0.717, 1.165) is 5.56 Å². The van der Waals surface area contributed by atoms with Crippen molar-refractivity contribution in [2.45, 2.75) is 6.92 Å². The minimum absolute atomic E-state index is 0.179. The highest BCUT2D eigenvalue weighted by Gasteiger charge is 2.21. The Bertz CT molecular complexity index is 1300. The molecular formula is C24H21ClFN5O2. The van der Waals surface area contributed by atoms with E-state index in [4.69, 9.17) is 22.1 Å². The number of nitrogens with two attached hydrogens (primary N) is 1. The zero-order valence-electron chi connectivity index (χ0n) is 17.9. The zero-order chi connectivity index (χ0) is 23.5. The van der Waals surface area contributed by atoms with E-state index in [1.165, 1.54) is 23.9 Å². The second kappa shape index (κ2) is 9.22. The minimum atomic E-state index is -0.528. The highest BCUT2D eigenvalue weighted by molar-refractivity contribution is 6.30. The van der Waals surface area contributed by atoms with Crippen LogP contribution in [0.25, 0.3) is 16.9 Å². The lowest BCUT2D eigenvalue weighted by molar-refractivity contribution is 0.262. The number of amides is 2. The molecule has 2 amide bonds. The van der Waals surface area contributed by atoms with Gasteiger partial charge in [0.15, 0.2) is 5.82 Å². The fourth-order valence-corrected chi connectivity index (χ4v) is 3.46. The molecule has 7 nitrogen and oxygen atoms in total. The normalized spacial score (nSPS) is 10.7. The average Bonchev–Trinajstić information content (AvgIpc) is 3.11. The number of halogens is 2. The summed E-state index contributed by atoms with van der Waals surface area (Å²) in [5.41, 5.74) is 9.80. The van der Waals surface area contributed by atoms with E-state index in [0.29, 0.717) is 39.1 Å². The van der Waals surface area contributed by atoms with E-state index in [1.54, 1.807) is 48.5 Å². The maximum Gasteiger partial charge on any atom is 0.323 e. The van der Waals surface area contributed by atoms with E-state index in [1.807, 2.05) is 13.0 Å². The van der Waals surface area contributed by atoms with Crippen LogP contribution < -0.4 is 21.1 Å². The van der Waals surface area contributed by atoms with E-state index in [2.05, 4.69) is 15.7 Å². The summed E-state index contributed by atoms with van der Waals surface area (Å²) < 4.78 is 20.2. The van der Waals surface area contributed by atoms with Crippen molar-refractivity contribution in [2.24, 2.45) is 0 Å². The molecule has 3 aromatic carbocycles. The number of ether oxygens (including phenoxy) is 1. The van der Waals surface area contributed by atoms with Gasteiger partial charge in [-0.2, -0.15) is 5.10 Å². The second-order valence-electron chi connectivity index (χ2n) is 7.29. The van der Waals surface area contributed by atoms with Gasteiger partial charge in [-0.1, -0.05) is 29.8 Å². The molecule has 0 saturated heterocycles. The Hall–Kier alpha value is -4.04. The summed E-state index contributed by atoms with van der Waals surface area (Å²) in [6.07, 6.45) is 0. The summed E-state index contributed by atoms with van der Waals surface area (Å²) in [7, 11) is 1.52. The van der Waals surface area contributed by atoms with Gasteiger partial charge in [0.05, 0.1) is 18.5 Å². The molecule has 0 aliphatic rings. The summed E-state index contributed by atoms with van der Waals surface area (Å²) in [5.74, 6) is 0.314. The van der Waals surface area contributed by atoms with Crippen molar-refractivity contribution < 1.29 is 13.9 Å².